The Bertz CT molecular complexity index is 223. The molecule has 0 aromatic carbocycles. The van der Waals surface area contributed by atoms with E-state index in [-0.39, 0.29) is 0 Å². The largest absolute Gasteiger partial charge is 0.381 e. The van der Waals surface area contributed by atoms with Gasteiger partial charge in [-0.05, 0) is 37.6 Å². The maximum Gasteiger partial charge on any atom is 0.0536 e. The van der Waals surface area contributed by atoms with Crippen LogP contribution in [0.3, 0.4) is 0 Å². The summed E-state index contributed by atoms with van der Waals surface area (Å²) in [5, 5.41) is 3.59. The summed E-state index contributed by atoms with van der Waals surface area (Å²) in [5.74, 6) is 1.44. The van der Waals surface area contributed by atoms with Crippen molar-refractivity contribution in [3.05, 3.63) is 0 Å². The third-order valence-electron chi connectivity index (χ3n) is 3.85. The molecule has 1 aliphatic heterocycles. The highest BCUT2D eigenvalue weighted by atomic mass is 16.5. The maximum atomic E-state index is 5.78. The molecule has 0 aromatic heterocycles. The standard InChI is InChI=1S/C16H33NO2/c1-14(2)5-8-18-9-6-16(7-10-19-13-16)12-17-11-15(3)4/h14-15,17H,5-13H2,1-4H3. The van der Waals surface area contributed by atoms with Crippen LogP contribution in [0, 0.1) is 17.3 Å². The zero-order valence-electron chi connectivity index (χ0n) is 13.3. The van der Waals surface area contributed by atoms with E-state index in [1.165, 1.54) is 6.42 Å². The number of rotatable bonds is 10. The van der Waals surface area contributed by atoms with Crippen LogP contribution in [0.2, 0.25) is 0 Å². The number of hydrogen-bond acceptors (Lipinski definition) is 3. The lowest BCUT2D eigenvalue weighted by Crippen LogP contribution is -2.37. The Hall–Kier alpha value is -0.120. The van der Waals surface area contributed by atoms with Crippen molar-refractivity contribution in [1.82, 2.24) is 5.32 Å². The van der Waals surface area contributed by atoms with Gasteiger partial charge in [-0.1, -0.05) is 27.7 Å². The molecule has 19 heavy (non-hydrogen) atoms. The third kappa shape index (κ3) is 7.28. The second kappa shape index (κ2) is 8.93. The Labute approximate surface area is 119 Å². The average Bonchev–Trinajstić information content (AvgIpc) is 2.77. The minimum absolute atomic E-state index is 0.312. The molecular formula is C16H33NO2. The van der Waals surface area contributed by atoms with Gasteiger partial charge >= 0.3 is 0 Å². The van der Waals surface area contributed by atoms with Gasteiger partial charge in [0.2, 0.25) is 0 Å². The molecule has 0 aromatic rings. The minimum atomic E-state index is 0.312. The molecule has 1 atom stereocenters. The normalized spacial score (nSPS) is 23.7. The van der Waals surface area contributed by atoms with Gasteiger partial charge in [-0.15, -0.1) is 0 Å². The third-order valence-corrected chi connectivity index (χ3v) is 3.85. The Morgan fingerprint density at radius 1 is 1.16 bits per heavy atom. The van der Waals surface area contributed by atoms with Crippen LogP contribution in [-0.2, 0) is 9.47 Å². The van der Waals surface area contributed by atoms with Gasteiger partial charge in [0.25, 0.3) is 0 Å². The molecule has 1 aliphatic rings. The molecule has 3 nitrogen and oxygen atoms in total. The quantitative estimate of drug-likeness (QED) is 0.619. The Kier molecular flexibility index (Phi) is 7.96. The summed E-state index contributed by atoms with van der Waals surface area (Å²) in [6, 6.07) is 0. The van der Waals surface area contributed by atoms with Crippen LogP contribution < -0.4 is 5.32 Å². The molecule has 0 radical (unpaired) electrons. The molecule has 1 heterocycles. The molecule has 3 heteroatoms. The van der Waals surface area contributed by atoms with Crippen LogP contribution in [0.15, 0.2) is 0 Å². The fourth-order valence-corrected chi connectivity index (χ4v) is 2.41. The van der Waals surface area contributed by atoms with Crippen LogP contribution in [-0.4, -0.2) is 39.5 Å². The minimum Gasteiger partial charge on any atom is -0.381 e. The molecule has 0 amide bonds. The van der Waals surface area contributed by atoms with Gasteiger partial charge in [0, 0.05) is 31.8 Å². The number of ether oxygens (including phenoxy) is 2. The zero-order valence-corrected chi connectivity index (χ0v) is 13.3. The van der Waals surface area contributed by atoms with Gasteiger partial charge in [-0.25, -0.2) is 0 Å². The van der Waals surface area contributed by atoms with E-state index in [0.29, 0.717) is 11.3 Å². The van der Waals surface area contributed by atoms with Crippen LogP contribution >= 0.6 is 0 Å². The van der Waals surface area contributed by atoms with Crippen molar-refractivity contribution >= 4 is 0 Å². The SMILES string of the molecule is CC(C)CCOCCC1(CNCC(C)C)CCOC1. The van der Waals surface area contributed by atoms with Crippen molar-refractivity contribution in [2.24, 2.45) is 17.3 Å². The van der Waals surface area contributed by atoms with Gasteiger partial charge in [0.1, 0.15) is 0 Å². The van der Waals surface area contributed by atoms with Gasteiger partial charge in [-0.3, -0.25) is 0 Å². The first-order chi connectivity index (χ1) is 9.04. The first-order valence-corrected chi connectivity index (χ1v) is 7.90. The summed E-state index contributed by atoms with van der Waals surface area (Å²) < 4.78 is 11.4. The predicted molar refractivity (Wildman–Crippen MR) is 80.5 cm³/mol. The van der Waals surface area contributed by atoms with Crippen LogP contribution in [0.5, 0.6) is 0 Å². The first kappa shape index (κ1) is 16.9. The summed E-state index contributed by atoms with van der Waals surface area (Å²) in [5.41, 5.74) is 0.312. The van der Waals surface area contributed by atoms with Gasteiger partial charge in [0.15, 0.2) is 0 Å². The topological polar surface area (TPSA) is 30.5 Å². The lowest BCUT2D eigenvalue weighted by molar-refractivity contribution is 0.0750. The van der Waals surface area contributed by atoms with E-state index >= 15 is 0 Å². The fraction of sp³-hybridized carbons (Fsp3) is 1.00. The average molecular weight is 271 g/mol. The van der Waals surface area contributed by atoms with E-state index in [4.69, 9.17) is 9.47 Å². The lowest BCUT2D eigenvalue weighted by atomic mass is 9.84. The van der Waals surface area contributed by atoms with Gasteiger partial charge in [-0.2, -0.15) is 0 Å². The van der Waals surface area contributed by atoms with Crippen molar-refractivity contribution < 1.29 is 9.47 Å². The molecule has 1 fully saturated rings. The smallest absolute Gasteiger partial charge is 0.0536 e. The van der Waals surface area contributed by atoms with E-state index in [0.717, 1.165) is 58.3 Å². The highest BCUT2D eigenvalue weighted by Crippen LogP contribution is 2.31. The summed E-state index contributed by atoms with van der Waals surface area (Å²) in [4.78, 5) is 0. The Balaban J connectivity index is 2.19. The van der Waals surface area contributed by atoms with E-state index in [2.05, 4.69) is 33.0 Å². The van der Waals surface area contributed by atoms with Crippen molar-refractivity contribution in [3.8, 4) is 0 Å². The van der Waals surface area contributed by atoms with Crippen LogP contribution in [0.25, 0.3) is 0 Å². The summed E-state index contributed by atoms with van der Waals surface area (Å²) in [6.07, 6.45) is 3.46. The van der Waals surface area contributed by atoms with E-state index < -0.39 is 0 Å². The molecule has 114 valence electrons. The Morgan fingerprint density at radius 2 is 1.95 bits per heavy atom. The fourth-order valence-electron chi connectivity index (χ4n) is 2.41. The molecule has 0 spiro atoms. The van der Waals surface area contributed by atoms with Crippen molar-refractivity contribution in [2.75, 3.05) is 39.5 Å². The van der Waals surface area contributed by atoms with Crippen molar-refractivity contribution in [2.45, 2.75) is 47.0 Å². The lowest BCUT2D eigenvalue weighted by Gasteiger charge is -2.28. The molecule has 0 bridgehead atoms. The summed E-state index contributed by atoms with van der Waals surface area (Å²) in [7, 11) is 0. The van der Waals surface area contributed by atoms with Crippen LogP contribution in [0.4, 0.5) is 0 Å². The molecule has 1 rings (SSSR count). The highest BCUT2D eigenvalue weighted by Gasteiger charge is 2.34. The van der Waals surface area contributed by atoms with Crippen molar-refractivity contribution in [1.29, 1.82) is 0 Å². The van der Waals surface area contributed by atoms with Crippen LogP contribution in [0.1, 0.15) is 47.0 Å². The second-order valence-corrected chi connectivity index (χ2v) is 6.87. The molecule has 0 saturated carbocycles. The monoisotopic (exact) mass is 271 g/mol. The molecule has 1 N–H and O–H groups in total. The van der Waals surface area contributed by atoms with E-state index in [1.54, 1.807) is 0 Å². The van der Waals surface area contributed by atoms with E-state index in [1.807, 2.05) is 0 Å². The molecular weight excluding hydrogens is 238 g/mol. The second-order valence-electron chi connectivity index (χ2n) is 6.87. The summed E-state index contributed by atoms with van der Waals surface area (Å²) >= 11 is 0. The number of hydrogen-bond donors (Lipinski definition) is 1. The van der Waals surface area contributed by atoms with Gasteiger partial charge < -0.3 is 14.8 Å². The van der Waals surface area contributed by atoms with Gasteiger partial charge in [0.05, 0.1) is 6.61 Å². The summed E-state index contributed by atoms with van der Waals surface area (Å²) in [6.45, 7) is 14.7. The van der Waals surface area contributed by atoms with Crippen molar-refractivity contribution in [3.63, 3.8) is 0 Å². The zero-order chi connectivity index (χ0) is 14.1. The number of nitrogens with one attached hydrogen (secondary N) is 1. The predicted octanol–water partition coefficient (Wildman–Crippen LogP) is 3.09. The van der Waals surface area contributed by atoms with E-state index in [9.17, 15) is 0 Å². The molecule has 1 saturated heterocycles. The highest BCUT2D eigenvalue weighted by molar-refractivity contribution is 4.85. The maximum absolute atomic E-state index is 5.78. The Morgan fingerprint density at radius 3 is 2.53 bits per heavy atom. The molecule has 1 unspecified atom stereocenters. The molecule has 0 aliphatic carbocycles. The first-order valence-electron chi connectivity index (χ1n) is 7.90.